The highest BCUT2D eigenvalue weighted by Gasteiger charge is 2.24. The molecule has 0 saturated carbocycles. The van der Waals surface area contributed by atoms with Crippen molar-refractivity contribution in [3.8, 4) is 0 Å². The van der Waals surface area contributed by atoms with Crippen molar-refractivity contribution in [2.75, 3.05) is 25.4 Å². The molecule has 1 aromatic heterocycles. The Kier molecular flexibility index (Phi) is 4.83. The summed E-state index contributed by atoms with van der Waals surface area (Å²) >= 11 is 5.96. The summed E-state index contributed by atoms with van der Waals surface area (Å²) in [7, 11) is 0. The number of rotatable bonds is 4. The molecule has 0 spiro atoms. The fourth-order valence-corrected chi connectivity index (χ4v) is 2.63. The third-order valence-corrected chi connectivity index (χ3v) is 3.99. The van der Waals surface area contributed by atoms with Crippen molar-refractivity contribution in [3.63, 3.8) is 0 Å². The summed E-state index contributed by atoms with van der Waals surface area (Å²) in [4.78, 5) is 18.5. The molecule has 1 aliphatic heterocycles. The number of hydrogen-bond donors (Lipinski definition) is 2. The Morgan fingerprint density at radius 1 is 1.60 bits per heavy atom. The van der Waals surface area contributed by atoms with Gasteiger partial charge < -0.3 is 16.0 Å². The summed E-state index contributed by atoms with van der Waals surface area (Å²) in [5.74, 6) is 0.526. The van der Waals surface area contributed by atoms with Crippen LogP contribution in [0.3, 0.4) is 0 Å². The Morgan fingerprint density at radius 2 is 2.35 bits per heavy atom. The second-order valence-electron chi connectivity index (χ2n) is 5.52. The standard InChI is InChI=1S/C14H21ClN4O/c1-9(2)19-6-5-10(8-19)7-17-14(20)13-11(15)3-4-12(16)18-13/h3-4,9-10H,5-8H2,1-2H3,(H2,16,18)(H,17,20). The molecule has 110 valence electrons. The molecule has 1 unspecified atom stereocenters. The maximum Gasteiger partial charge on any atom is 0.271 e. The molecule has 2 heterocycles. The Morgan fingerprint density at radius 3 is 3.00 bits per heavy atom. The van der Waals surface area contributed by atoms with Crippen LogP contribution < -0.4 is 11.1 Å². The van der Waals surface area contributed by atoms with E-state index in [9.17, 15) is 4.79 Å². The molecule has 0 aliphatic carbocycles. The lowest BCUT2D eigenvalue weighted by atomic mass is 10.1. The highest BCUT2D eigenvalue weighted by Crippen LogP contribution is 2.18. The van der Waals surface area contributed by atoms with Crippen LogP contribution in [0.15, 0.2) is 12.1 Å². The smallest absolute Gasteiger partial charge is 0.271 e. The van der Waals surface area contributed by atoms with Gasteiger partial charge in [-0.3, -0.25) is 4.79 Å². The van der Waals surface area contributed by atoms with Crippen LogP contribution in [0.2, 0.25) is 5.02 Å². The highest BCUT2D eigenvalue weighted by atomic mass is 35.5. The first-order valence-electron chi connectivity index (χ1n) is 6.91. The summed E-state index contributed by atoms with van der Waals surface area (Å²) in [6.07, 6.45) is 1.11. The second kappa shape index (κ2) is 6.41. The van der Waals surface area contributed by atoms with Crippen molar-refractivity contribution in [1.29, 1.82) is 0 Å². The normalized spacial score (nSPS) is 19.5. The summed E-state index contributed by atoms with van der Waals surface area (Å²) in [6, 6.07) is 3.73. The molecular weight excluding hydrogens is 276 g/mol. The van der Waals surface area contributed by atoms with E-state index in [4.69, 9.17) is 17.3 Å². The van der Waals surface area contributed by atoms with Gasteiger partial charge in [-0.1, -0.05) is 11.6 Å². The zero-order valence-electron chi connectivity index (χ0n) is 11.9. The number of nitrogens with one attached hydrogen (secondary N) is 1. The number of carbonyl (C=O) groups excluding carboxylic acids is 1. The maximum absolute atomic E-state index is 12.1. The number of amides is 1. The van der Waals surface area contributed by atoms with E-state index in [1.165, 1.54) is 0 Å². The Hall–Kier alpha value is -1.33. The minimum Gasteiger partial charge on any atom is -0.384 e. The highest BCUT2D eigenvalue weighted by molar-refractivity contribution is 6.33. The van der Waals surface area contributed by atoms with Gasteiger partial charge in [0.25, 0.3) is 5.91 Å². The number of hydrogen-bond acceptors (Lipinski definition) is 4. The minimum absolute atomic E-state index is 0.199. The largest absolute Gasteiger partial charge is 0.384 e. The van der Waals surface area contributed by atoms with Gasteiger partial charge in [0.1, 0.15) is 11.5 Å². The third-order valence-electron chi connectivity index (χ3n) is 3.68. The van der Waals surface area contributed by atoms with Gasteiger partial charge in [0, 0.05) is 19.1 Å². The molecule has 1 atom stereocenters. The minimum atomic E-state index is -0.259. The number of nitrogens with zero attached hydrogens (tertiary/aromatic N) is 2. The van der Waals surface area contributed by atoms with Crippen molar-refractivity contribution in [2.45, 2.75) is 26.3 Å². The third kappa shape index (κ3) is 3.61. The Bertz CT molecular complexity index is 492. The van der Waals surface area contributed by atoms with Crippen LogP contribution >= 0.6 is 11.6 Å². The number of pyridine rings is 1. The summed E-state index contributed by atoms with van der Waals surface area (Å²) < 4.78 is 0. The van der Waals surface area contributed by atoms with Crippen LogP contribution in [0.25, 0.3) is 0 Å². The summed E-state index contributed by atoms with van der Waals surface area (Å²) in [6.45, 7) is 7.15. The first kappa shape index (κ1) is 15.1. The lowest BCUT2D eigenvalue weighted by molar-refractivity contribution is 0.0942. The first-order valence-corrected chi connectivity index (χ1v) is 7.29. The predicted molar refractivity (Wildman–Crippen MR) is 80.8 cm³/mol. The average Bonchev–Trinajstić information content (AvgIpc) is 2.88. The van der Waals surface area contributed by atoms with Gasteiger partial charge in [0.15, 0.2) is 0 Å². The lowest BCUT2D eigenvalue weighted by Gasteiger charge is -2.20. The molecule has 0 aromatic carbocycles. The van der Waals surface area contributed by atoms with E-state index in [1.54, 1.807) is 12.1 Å². The van der Waals surface area contributed by atoms with Crippen molar-refractivity contribution in [3.05, 3.63) is 22.8 Å². The zero-order valence-corrected chi connectivity index (χ0v) is 12.7. The second-order valence-corrected chi connectivity index (χ2v) is 5.93. The van der Waals surface area contributed by atoms with Crippen LogP contribution in [0.4, 0.5) is 5.82 Å². The van der Waals surface area contributed by atoms with E-state index in [2.05, 4.69) is 29.0 Å². The van der Waals surface area contributed by atoms with Crippen LogP contribution in [0.5, 0.6) is 0 Å². The van der Waals surface area contributed by atoms with E-state index in [-0.39, 0.29) is 11.6 Å². The molecule has 1 fully saturated rings. The van der Waals surface area contributed by atoms with E-state index < -0.39 is 0 Å². The number of nitrogens with two attached hydrogens (primary N) is 1. The van der Waals surface area contributed by atoms with E-state index in [0.29, 0.717) is 29.3 Å². The van der Waals surface area contributed by atoms with Gasteiger partial charge in [-0.05, 0) is 44.9 Å². The lowest BCUT2D eigenvalue weighted by Crippen LogP contribution is -2.33. The molecule has 1 amide bonds. The fourth-order valence-electron chi connectivity index (χ4n) is 2.44. The predicted octanol–water partition coefficient (Wildman–Crippen LogP) is 1.78. The fraction of sp³-hybridized carbons (Fsp3) is 0.571. The number of halogens is 1. The first-order chi connectivity index (χ1) is 9.47. The SMILES string of the molecule is CC(C)N1CCC(CNC(=O)c2nc(N)ccc2Cl)C1. The molecule has 3 N–H and O–H groups in total. The molecule has 2 rings (SSSR count). The molecule has 1 aliphatic rings. The average molecular weight is 297 g/mol. The van der Waals surface area contributed by atoms with Crippen LogP contribution in [0.1, 0.15) is 30.8 Å². The summed E-state index contributed by atoms with van der Waals surface area (Å²) in [5, 5.41) is 3.23. The van der Waals surface area contributed by atoms with Crippen molar-refractivity contribution in [1.82, 2.24) is 15.2 Å². The number of nitrogen functional groups attached to an aromatic ring is 1. The van der Waals surface area contributed by atoms with Crippen molar-refractivity contribution >= 4 is 23.3 Å². The van der Waals surface area contributed by atoms with Crippen LogP contribution in [-0.2, 0) is 0 Å². The van der Waals surface area contributed by atoms with E-state index >= 15 is 0 Å². The van der Waals surface area contributed by atoms with Gasteiger partial charge >= 0.3 is 0 Å². The molecule has 1 saturated heterocycles. The monoisotopic (exact) mass is 296 g/mol. The van der Waals surface area contributed by atoms with Gasteiger partial charge in [-0.15, -0.1) is 0 Å². The molecular formula is C14H21ClN4O. The number of likely N-dealkylation sites (tertiary alicyclic amines) is 1. The van der Waals surface area contributed by atoms with Crippen molar-refractivity contribution < 1.29 is 4.79 Å². The molecule has 0 radical (unpaired) electrons. The quantitative estimate of drug-likeness (QED) is 0.888. The van der Waals surface area contributed by atoms with Crippen molar-refractivity contribution in [2.24, 2.45) is 5.92 Å². The molecule has 5 nitrogen and oxygen atoms in total. The molecule has 20 heavy (non-hydrogen) atoms. The van der Waals surface area contributed by atoms with Gasteiger partial charge in [-0.25, -0.2) is 4.98 Å². The van der Waals surface area contributed by atoms with Gasteiger partial charge in [0.2, 0.25) is 0 Å². The number of carbonyl (C=O) groups is 1. The topological polar surface area (TPSA) is 71.2 Å². The number of anilines is 1. The molecule has 1 aromatic rings. The van der Waals surface area contributed by atoms with Gasteiger partial charge in [0.05, 0.1) is 5.02 Å². The Labute approximate surface area is 124 Å². The Balaban J connectivity index is 1.88. The molecule has 6 heteroatoms. The zero-order chi connectivity index (χ0) is 14.7. The molecule has 0 bridgehead atoms. The van der Waals surface area contributed by atoms with E-state index in [1.807, 2.05) is 0 Å². The number of aromatic nitrogens is 1. The maximum atomic E-state index is 12.1. The van der Waals surface area contributed by atoms with Crippen LogP contribution in [-0.4, -0.2) is 41.5 Å². The van der Waals surface area contributed by atoms with E-state index in [0.717, 1.165) is 19.5 Å². The van der Waals surface area contributed by atoms with Gasteiger partial charge in [-0.2, -0.15) is 0 Å². The van der Waals surface area contributed by atoms with Crippen LogP contribution in [0, 0.1) is 5.92 Å². The summed E-state index contributed by atoms with van der Waals surface area (Å²) in [5.41, 5.74) is 5.78.